The van der Waals surface area contributed by atoms with E-state index in [1.165, 1.54) is 16.3 Å². The van der Waals surface area contributed by atoms with Crippen LogP contribution >= 0.6 is 0 Å². The van der Waals surface area contributed by atoms with E-state index in [4.69, 9.17) is 4.98 Å². The fourth-order valence-corrected chi connectivity index (χ4v) is 2.48. The highest BCUT2D eigenvalue weighted by atomic mass is 15.2. The summed E-state index contributed by atoms with van der Waals surface area (Å²) in [7, 11) is 2.12. The van der Waals surface area contributed by atoms with Crippen molar-refractivity contribution in [2.45, 2.75) is 46.2 Å². The van der Waals surface area contributed by atoms with E-state index in [2.05, 4.69) is 69.2 Å². The van der Waals surface area contributed by atoms with Gasteiger partial charge in [0.05, 0.1) is 0 Å². The first-order valence-corrected chi connectivity index (χ1v) is 7.75. The second-order valence-corrected chi connectivity index (χ2v) is 6.68. The molecular formula is C18H27N3. The maximum Gasteiger partial charge on any atom is 0.136 e. The number of hydrogen-bond acceptors (Lipinski definition) is 3. The Labute approximate surface area is 128 Å². The van der Waals surface area contributed by atoms with Crippen LogP contribution in [0.1, 0.15) is 39.7 Å². The molecule has 0 atom stereocenters. The van der Waals surface area contributed by atoms with E-state index in [1.807, 2.05) is 6.20 Å². The minimum Gasteiger partial charge on any atom is -0.359 e. The van der Waals surface area contributed by atoms with Crippen LogP contribution in [-0.4, -0.2) is 24.1 Å². The van der Waals surface area contributed by atoms with Crippen molar-refractivity contribution in [2.75, 3.05) is 18.5 Å². The summed E-state index contributed by atoms with van der Waals surface area (Å²) in [4.78, 5) is 6.95. The van der Waals surface area contributed by atoms with E-state index in [-0.39, 0.29) is 5.54 Å². The molecule has 0 spiro atoms. The molecule has 1 heterocycles. The third-order valence-electron chi connectivity index (χ3n) is 3.59. The van der Waals surface area contributed by atoms with Crippen LogP contribution in [0.3, 0.4) is 0 Å². The predicted octanol–water partition coefficient (Wildman–Crippen LogP) is 3.97. The maximum absolute atomic E-state index is 4.71. The van der Waals surface area contributed by atoms with Crippen LogP contribution in [-0.2, 0) is 6.54 Å². The SMILES string of the molecule is CCCN(C)c1ncc(CNC(C)(C)C)c2ccccc12. The lowest BCUT2D eigenvalue weighted by Gasteiger charge is -2.23. The summed E-state index contributed by atoms with van der Waals surface area (Å²) >= 11 is 0. The summed E-state index contributed by atoms with van der Waals surface area (Å²) in [6.45, 7) is 10.6. The molecule has 0 saturated carbocycles. The van der Waals surface area contributed by atoms with E-state index in [0.717, 1.165) is 25.3 Å². The molecule has 1 aromatic heterocycles. The van der Waals surface area contributed by atoms with Gasteiger partial charge in [0.2, 0.25) is 0 Å². The topological polar surface area (TPSA) is 28.2 Å². The van der Waals surface area contributed by atoms with Gasteiger partial charge in [0, 0.05) is 37.3 Å². The maximum atomic E-state index is 4.71. The molecule has 2 aromatic rings. The van der Waals surface area contributed by atoms with E-state index in [0.29, 0.717) is 0 Å². The van der Waals surface area contributed by atoms with E-state index >= 15 is 0 Å². The summed E-state index contributed by atoms with van der Waals surface area (Å²) in [5.41, 5.74) is 1.37. The van der Waals surface area contributed by atoms with Gasteiger partial charge in [0.25, 0.3) is 0 Å². The molecule has 0 fully saturated rings. The molecule has 2 rings (SSSR count). The Morgan fingerprint density at radius 1 is 1.14 bits per heavy atom. The number of nitrogens with zero attached hydrogens (tertiary/aromatic N) is 2. The predicted molar refractivity (Wildman–Crippen MR) is 91.9 cm³/mol. The number of anilines is 1. The van der Waals surface area contributed by atoms with Crippen molar-refractivity contribution in [3.8, 4) is 0 Å². The molecule has 0 saturated heterocycles. The van der Waals surface area contributed by atoms with Gasteiger partial charge in [-0.25, -0.2) is 4.98 Å². The highest BCUT2D eigenvalue weighted by Crippen LogP contribution is 2.26. The number of nitrogens with one attached hydrogen (secondary N) is 1. The van der Waals surface area contributed by atoms with Crippen LogP contribution in [0.25, 0.3) is 10.8 Å². The van der Waals surface area contributed by atoms with Crippen molar-refractivity contribution in [1.82, 2.24) is 10.3 Å². The standard InChI is InChI=1S/C18H27N3/c1-6-11-21(5)17-16-10-8-7-9-15(16)14(12-19-17)13-20-18(2,3)4/h7-10,12,20H,6,11,13H2,1-5H3. The van der Waals surface area contributed by atoms with E-state index in [1.54, 1.807) is 0 Å². The van der Waals surface area contributed by atoms with Crippen molar-refractivity contribution in [1.29, 1.82) is 0 Å². The Hall–Kier alpha value is -1.61. The molecule has 1 aromatic carbocycles. The van der Waals surface area contributed by atoms with Crippen LogP contribution < -0.4 is 10.2 Å². The van der Waals surface area contributed by atoms with Crippen molar-refractivity contribution in [2.24, 2.45) is 0 Å². The van der Waals surface area contributed by atoms with E-state index in [9.17, 15) is 0 Å². The Kier molecular flexibility index (Phi) is 4.84. The van der Waals surface area contributed by atoms with Gasteiger partial charge in [-0.15, -0.1) is 0 Å². The lowest BCUT2D eigenvalue weighted by atomic mass is 10.0. The molecule has 0 bridgehead atoms. The van der Waals surface area contributed by atoms with Crippen LogP contribution in [0.5, 0.6) is 0 Å². The monoisotopic (exact) mass is 285 g/mol. The Morgan fingerprint density at radius 3 is 2.43 bits per heavy atom. The molecule has 0 unspecified atom stereocenters. The van der Waals surface area contributed by atoms with Crippen molar-refractivity contribution >= 4 is 16.6 Å². The molecular weight excluding hydrogens is 258 g/mol. The molecule has 1 N–H and O–H groups in total. The zero-order chi connectivity index (χ0) is 15.5. The van der Waals surface area contributed by atoms with Gasteiger partial charge in [-0.1, -0.05) is 31.2 Å². The zero-order valence-corrected chi connectivity index (χ0v) is 13.9. The second kappa shape index (κ2) is 6.44. The van der Waals surface area contributed by atoms with Gasteiger partial charge in [-0.3, -0.25) is 0 Å². The molecule has 0 aliphatic rings. The van der Waals surface area contributed by atoms with Crippen molar-refractivity contribution in [3.05, 3.63) is 36.0 Å². The smallest absolute Gasteiger partial charge is 0.136 e. The molecule has 3 nitrogen and oxygen atoms in total. The number of aromatic nitrogens is 1. The summed E-state index contributed by atoms with van der Waals surface area (Å²) in [5, 5.41) is 6.08. The van der Waals surface area contributed by atoms with Gasteiger partial charge in [0.1, 0.15) is 5.82 Å². The average molecular weight is 285 g/mol. The summed E-state index contributed by atoms with van der Waals surface area (Å²) in [6.07, 6.45) is 3.14. The number of rotatable bonds is 5. The molecule has 0 aliphatic heterocycles. The van der Waals surface area contributed by atoms with Crippen LogP contribution in [0.4, 0.5) is 5.82 Å². The quantitative estimate of drug-likeness (QED) is 0.901. The summed E-state index contributed by atoms with van der Waals surface area (Å²) in [6, 6.07) is 8.56. The number of hydrogen-bond donors (Lipinski definition) is 1. The fourth-order valence-electron chi connectivity index (χ4n) is 2.48. The summed E-state index contributed by atoms with van der Waals surface area (Å²) < 4.78 is 0. The van der Waals surface area contributed by atoms with Gasteiger partial charge in [-0.2, -0.15) is 0 Å². The Bertz CT molecular complexity index is 599. The normalized spacial score (nSPS) is 11.9. The first-order valence-electron chi connectivity index (χ1n) is 7.75. The molecule has 3 heteroatoms. The fraction of sp³-hybridized carbons (Fsp3) is 0.500. The van der Waals surface area contributed by atoms with Crippen LogP contribution in [0.2, 0.25) is 0 Å². The van der Waals surface area contributed by atoms with Crippen LogP contribution in [0.15, 0.2) is 30.5 Å². The minimum absolute atomic E-state index is 0.110. The lowest BCUT2D eigenvalue weighted by Crippen LogP contribution is -2.35. The molecule has 0 radical (unpaired) electrons. The van der Waals surface area contributed by atoms with E-state index < -0.39 is 0 Å². The molecule has 0 aliphatic carbocycles. The zero-order valence-electron chi connectivity index (χ0n) is 13.9. The van der Waals surface area contributed by atoms with Gasteiger partial charge < -0.3 is 10.2 Å². The van der Waals surface area contributed by atoms with Crippen LogP contribution in [0, 0.1) is 0 Å². The highest BCUT2D eigenvalue weighted by Gasteiger charge is 2.13. The average Bonchev–Trinajstić information content (AvgIpc) is 2.44. The van der Waals surface area contributed by atoms with Crippen molar-refractivity contribution < 1.29 is 0 Å². The second-order valence-electron chi connectivity index (χ2n) is 6.68. The van der Waals surface area contributed by atoms with Crippen molar-refractivity contribution in [3.63, 3.8) is 0 Å². The lowest BCUT2D eigenvalue weighted by molar-refractivity contribution is 0.425. The Morgan fingerprint density at radius 2 is 1.81 bits per heavy atom. The molecule has 0 amide bonds. The van der Waals surface area contributed by atoms with Gasteiger partial charge in [0.15, 0.2) is 0 Å². The third kappa shape index (κ3) is 3.94. The van der Waals surface area contributed by atoms with Gasteiger partial charge >= 0.3 is 0 Å². The minimum atomic E-state index is 0.110. The number of pyridine rings is 1. The largest absolute Gasteiger partial charge is 0.359 e. The number of benzene rings is 1. The molecule has 21 heavy (non-hydrogen) atoms. The molecule has 114 valence electrons. The highest BCUT2D eigenvalue weighted by molar-refractivity contribution is 5.94. The third-order valence-corrected chi connectivity index (χ3v) is 3.59. The summed E-state index contributed by atoms with van der Waals surface area (Å²) in [5.74, 6) is 1.08. The number of fused-ring (bicyclic) bond motifs is 1. The first-order chi connectivity index (χ1) is 9.92. The van der Waals surface area contributed by atoms with Gasteiger partial charge in [-0.05, 0) is 38.1 Å². The Balaban J connectivity index is 2.40. The first kappa shape index (κ1) is 15.8.